The van der Waals surface area contributed by atoms with Crippen LogP contribution in [0.5, 0.6) is 0 Å². The van der Waals surface area contributed by atoms with Gasteiger partial charge in [0.05, 0.1) is 0 Å². The molecule has 0 fully saturated rings. The quantitative estimate of drug-likeness (QED) is 0.398. The number of benzene rings is 2. The number of nitrogens with zero attached hydrogens (tertiary/aromatic N) is 1. The van der Waals surface area contributed by atoms with Gasteiger partial charge in [0.25, 0.3) is 5.91 Å². The number of amides is 1. The zero-order valence-electron chi connectivity index (χ0n) is 15.5. The zero-order chi connectivity index (χ0) is 18.8. The number of thioether (sulfide) groups is 1. The summed E-state index contributed by atoms with van der Waals surface area (Å²) in [5, 5.41) is 9.69. The van der Waals surface area contributed by atoms with Crippen molar-refractivity contribution in [2.45, 2.75) is 23.6 Å². The number of aliphatic imine (C=N–C) groups is 1. The maximum absolute atomic E-state index is 11.6. The first kappa shape index (κ1) is 19.8. The molecule has 0 aliphatic rings. The highest BCUT2D eigenvalue weighted by molar-refractivity contribution is 8.00. The third kappa shape index (κ3) is 6.44. The van der Waals surface area contributed by atoms with E-state index in [0.717, 1.165) is 18.1 Å². The largest absolute Gasteiger partial charge is 0.355 e. The van der Waals surface area contributed by atoms with Crippen molar-refractivity contribution in [1.82, 2.24) is 16.0 Å². The van der Waals surface area contributed by atoms with Gasteiger partial charge in [-0.3, -0.25) is 9.79 Å². The van der Waals surface area contributed by atoms with Crippen molar-refractivity contribution in [3.63, 3.8) is 0 Å². The summed E-state index contributed by atoms with van der Waals surface area (Å²) in [6.07, 6.45) is 0. The summed E-state index contributed by atoms with van der Waals surface area (Å²) in [5.74, 6) is 0.688. The normalized spacial score (nSPS) is 12.3. The van der Waals surface area contributed by atoms with Gasteiger partial charge in [-0.15, -0.1) is 11.8 Å². The average Bonchev–Trinajstić information content (AvgIpc) is 2.68. The van der Waals surface area contributed by atoms with E-state index in [0.29, 0.717) is 17.4 Å². The molecule has 1 unspecified atom stereocenters. The van der Waals surface area contributed by atoms with Crippen molar-refractivity contribution in [2.75, 3.05) is 20.6 Å². The summed E-state index contributed by atoms with van der Waals surface area (Å²) in [4.78, 5) is 17.1. The molecule has 0 saturated heterocycles. The minimum atomic E-state index is -0.0770. The van der Waals surface area contributed by atoms with Crippen LogP contribution in [0.2, 0.25) is 0 Å². The standard InChI is InChI=1S/C20H26N4OS/c1-15(26-18-7-5-4-6-8-18)13-23-20(22-3)24-14-16-9-11-17(12-10-16)19(25)21-2/h4-12,15H,13-14H2,1-3H3,(H,21,25)(H2,22,23,24). The molecule has 0 bridgehead atoms. The van der Waals surface area contributed by atoms with E-state index < -0.39 is 0 Å². The molecule has 1 amide bonds. The number of carbonyl (C=O) groups excluding carboxylic acids is 1. The van der Waals surface area contributed by atoms with Gasteiger partial charge in [-0.05, 0) is 29.8 Å². The van der Waals surface area contributed by atoms with Crippen LogP contribution in [0, 0.1) is 0 Å². The molecular formula is C20H26N4OS. The number of guanidine groups is 1. The van der Waals surface area contributed by atoms with Crippen molar-refractivity contribution in [3.8, 4) is 0 Å². The van der Waals surface area contributed by atoms with Gasteiger partial charge in [-0.2, -0.15) is 0 Å². The Bertz CT molecular complexity index is 716. The van der Waals surface area contributed by atoms with E-state index in [9.17, 15) is 4.79 Å². The molecule has 0 aliphatic carbocycles. The van der Waals surface area contributed by atoms with E-state index in [1.165, 1.54) is 4.90 Å². The summed E-state index contributed by atoms with van der Waals surface area (Å²) in [5.41, 5.74) is 1.75. The van der Waals surface area contributed by atoms with Crippen LogP contribution < -0.4 is 16.0 Å². The molecular weight excluding hydrogens is 344 g/mol. The predicted octanol–water partition coefficient (Wildman–Crippen LogP) is 2.89. The Labute approximate surface area is 159 Å². The molecule has 5 nitrogen and oxygen atoms in total. The van der Waals surface area contributed by atoms with Crippen molar-refractivity contribution < 1.29 is 4.79 Å². The molecule has 1 atom stereocenters. The smallest absolute Gasteiger partial charge is 0.251 e. The van der Waals surface area contributed by atoms with E-state index in [1.807, 2.05) is 42.1 Å². The number of carbonyl (C=O) groups is 1. The number of hydrogen-bond acceptors (Lipinski definition) is 3. The minimum absolute atomic E-state index is 0.0770. The first-order valence-electron chi connectivity index (χ1n) is 8.59. The van der Waals surface area contributed by atoms with E-state index in [-0.39, 0.29) is 5.91 Å². The number of hydrogen-bond donors (Lipinski definition) is 3. The van der Waals surface area contributed by atoms with Crippen LogP contribution in [0.15, 0.2) is 64.5 Å². The Morgan fingerprint density at radius 1 is 1.08 bits per heavy atom. The lowest BCUT2D eigenvalue weighted by Crippen LogP contribution is -2.39. The maximum atomic E-state index is 11.6. The molecule has 0 heterocycles. The Morgan fingerprint density at radius 3 is 2.38 bits per heavy atom. The van der Waals surface area contributed by atoms with Crippen LogP contribution in [0.1, 0.15) is 22.8 Å². The fraction of sp³-hybridized carbons (Fsp3) is 0.300. The molecule has 2 aromatic carbocycles. The van der Waals surface area contributed by atoms with Crippen LogP contribution in [-0.4, -0.2) is 37.8 Å². The zero-order valence-corrected chi connectivity index (χ0v) is 16.3. The van der Waals surface area contributed by atoms with E-state index in [2.05, 4.69) is 52.1 Å². The van der Waals surface area contributed by atoms with Gasteiger partial charge in [-0.25, -0.2) is 0 Å². The van der Waals surface area contributed by atoms with Gasteiger partial charge in [0.15, 0.2) is 5.96 Å². The topological polar surface area (TPSA) is 65.5 Å². The van der Waals surface area contributed by atoms with Crippen molar-refractivity contribution in [1.29, 1.82) is 0 Å². The Kier molecular flexibility index (Phi) is 8.02. The SMILES string of the molecule is CN=C(NCc1ccc(C(=O)NC)cc1)NCC(C)Sc1ccccc1. The predicted molar refractivity (Wildman–Crippen MR) is 110 cm³/mol. The monoisotopic (exact) mass is 370 g/mol. The summed E-state index contributed by atoms with van der Waals surface area (Å²) < 4.78 is 0. The fourth-order valence-corrected chi connectivity index (χ4v) is 3.28. The Hall–Kier alpha value is -2.47. The Balaban J connectivity index is 1.77. The second-order valence-corrected chi connectivity index (χ2v) is 7.34. The Morgan fingerprint density at radius 2 is 1.77 bits per heavy atom. The van der Waals surface area contributed by atoms with E-state index in [4.69, 9.17) is 0 Å². The highest BCUT2D eigenvalue weighted by Crippen LogP contribution is 2.21. The first-order chi connectivity index (χ1) is 12.6. The molecule has 0 aromatic heterocycles. The summed E-state index contributed by atoms with van der Waals surface area (Å²) in [7, 11) is 3.39. The lowest BCUT2D eigenvalue weighted by Gasteiger charge is -2.16. The molecule has 0 radical (unpaired) electrons. The van der Waals surface area contributed by atoms with E-state index >= 15 is 0 Å². The highest BCUT2D eigenvalue weighted by atomic mass is 32.2. The van der Waals surface area contributed by atoms with Gasteiger partial charge in [-0.1, -0.05) is 37.3 Å². The molecule has 2 aromatic rings. The molecule has 0 spiro atoms. The number of nitrogens with one attached hydrogen (secondary N) is 3. The molecule has 26 heavy (non-hydrogen) atoms. The summed E-state index contributed by atoms with van der Waals surface area (Å²) in [6.45, 7) is 3.65. The fourth-order valence-electron chi connectivity index (χ4n) is 2.34. The third-order valence-corrected chi connectivity index (χ3v) is 4.88. The van der Waals surface area contributed by atoms with Crippen LogP contribution in [0.25, 0.3) is 0 Å². The third-order valence-electron chi connectivity index (χ3n) is 3.76. The summed E-state index contributed by atoms with van der Waals surface area (Å²) >= 11 is 1.83. The molecule has 3 N–H and O–H groups in total. The van der Waals surface area contributed by atoms with Gasteiger partial charge in [0.2, 0.25) is 0 Å². The van der Waals surface area contributed by atoms with Crippen LogP contribution in [-0.2, 0) is 6.54 Å². The molecule has 6 heteroatoms. The van der Waals surface area contributed by atoms with Crippen molar-refractivity contribution >= 4 is 23.6 Å². The average molecular weight is 371 g/mol. The minimum Gasteiger partial charge on any atom is -0.355 e. The molecule has 0 aliphatic heterocycles. The van der Waals surface area contributed by atoms with Gasteiger partial charge in [0.1, 0.15) is 0 Å². The van der Waals surface area contributed by atoms with Gasteiger partial charge in [0, 0.05) is 42.9 Å². The van der Waals surface area contributed by atoms with Gasteiger partial charge >= 0.3 is 0 Å². The van der Waals surface area contributed by atoms with E-state index in [1.54, 1.807) is 14.1 Å². The lowest BCUT2D eigenvalue weighted by molar-refractivity contribution is 0.0963. The highest BCUT2D eigenvalue weighted by Gasteiger charge is 2.06. The van der Waals surface area contributed by atoms with Crippen LogP contribution in [0.3, 0.4) is 0 Å². The van der Waals surface area contributed by atoms with Gasteiger partial charge < -0.3 is 16.0 Å². The second-order valence-electron chi connectivity index (χ2n) is 5.82. The van der Waals surface area contributed by atoms with Crippen molar-refractivity contribution in [3.05, 3.63) is 65.7 Å². The number of rotatable bonds is 7. The molecule has 2 rings (SSSR count). The van der Waals surface area contributed by atoms with Crippen LogP contribution in [0.4, 0.5) is 0 Å². The summed E-state index contributed by atoms with van der Waals surface area (Å²) in [6, 6.07) is 17.9. The first-order valence-corrected chi connectivity index (χ1v) is 9.47. The van der Waals surface area contributed by atoms with Crippen molar-refractivity contribution in [2.24, 2.45) is 4.99 Å². The molecule has 0 saturated carbocycles. The maximum Gasteiger partial charge on any atom is 0.251 e. The molecule has 138 valence electrons. The lowest BCUT2D eigenvalue weighted by atomic mass is 10.1. The second kappa shape index (κ2) is 10.5. The van der Waals surface area contributed by atoms with Crippen LogP contribution >= 0.6 is 11.8 Å².